The Morgan fingerprint density at radius 1 is 0.865 bits per heavy atom. The van der Waals surface area contributed by atoms with E-state index in [4.69, 9.17) is 4.74 Å². The van der Waals surface area contributed by atoms with Gasteiger partial charge in [0.2, 0.25) is 0 Å². The van der Waals surface area contributed by atoms with Crippen molar-refractivity contribution in [3.05, 3.63) is 95.6 Å². The lowest BCUT2D eigenvalue weighted by molar-refractivity contribution is -0.117. The van der Waals surface area contributed by atoms with Gasteiger partial charge in [-0.1, -0.05) is 67.8 Å². The molecule has 3 aromatic carbocycles. The van der Waals surface area contributed by atoms with Gasteiger partial charge in [-0.15, -0.1) is 0 Å². The predicted octanol–water partition coefficient (Wildman–Crippen LogP) is 5.60. The van der Waals surface area contributed by atoms with Gasteiger partial charge in [-0.05, 0) is 43.2 Å². The molecule has 3 amide bonds. The summed E-state index contributed by atoms with van der Waals surface area (Å²) in [5.41, 5.74) is 1.86. The highest BCUT2D eigenvalue weighted by atomic mass is 16.5. The molecular weight excluding hydrogens is 470 g/mol. The van der Waals surface area contributed by atoms with Gasteiger partial charge in [0.25, 0.3) is 5.91 Å². The predicted molar refractivity (Wildman–Crippen MR) is 140 cm³/mol. The lowest BCUT2D eigenvalue weighted by Crippen LogP contribution is -2.39. The van der Waals surface area contributed by atoms with Crippen molar-refractivity contribution in [1.29, 1.82) is 0 Å². The number of rotatable bonds is 5. The van der Waals surface area contributed by atoms with Crippen molar-refractivity contribution in [3.8, 4) is 0 Å². The van der Waals surface area contributed by atoms with Crippen molar-refractivity contribution in [2.24, 2.45) is 0 Å². The zero-order chi connectivity index (χ0) is 25.8. The number of amides is 3. The minimum Gasteiger partial charge on any atom is -0.421 e. The zero-order valence-electron chi connectivity index (χ0n) is 20.1. The lowest BCUT2D eigenvalue weighted by Gasteiger charge is -2.23. The number of urea groups is 1. The van der Waals surface area contributed by atoms with E-state index in [0.717, 1.165) is 25.7 Å². The molecule has 0 bridgehead atoms. The van der Waals surface area contributed by atoms with Crippen molar-refractivity contribution in [2.75, 3.05) is 10.4 Å². The van der Waals surface area contributed by atoms with Crippen LogP contribution in [0.2, 0.25) is 0 Å². The van der Waals surface area contributed by atoms with Crippen molar-refractivity contribution in [1.82, 2.24) is 5.32 Å². The topological polar surface area (TPSA) is 108 Å². The monoisotopic (exact) mass is 497 g/mol. The molecule has 1 heterocycles. The third-order valence-corrected chi connectivity index (χ3v) is 6.57. The third kappa shape index (κ3) is 5.24. The number of nitrogens with one attached hydrogen (secondary N) is 2. The summed E-state index contributed by atoms with van der Waals surface area (Å²) in [5, 5.41) is 16.9. The van der Waals surface area contributed by atoms with Crippen LogP contribution in [0.3, 0.4) is 0 Å². The minimum absolute atomic E-state index is 0.0352. The second kappa shape index (κ2) is 10.7. The molecule has 1 aliphatic carbocycles. The Labute approximate surface area is 214 Å². The van der Waals surface area contributed by atoms with E-state index in [-0.39, 0.29) is 29.1 Å². The molecule has 1 aliphatic heterocycles. The fourth-order valence-electron chi connectivity index (χ4n) is 4.72. The van der Waals surface area contributed by atoms with Gasteiger partial charge in [0.15, 0.2) is 5.76 Å². The van der Waals surface area contributed by atoms with E-state index in [1.54, 1.807) is 66.7 Å². The van der Waals surface area contributed by atoms with E-state index in [2.05, 4.69) is 10.6 Å². The number of nitrogens with zero attached hydrogens (tertiary/aromatic N) is 1. The molecule has 8 nitrogen and oxygen atoms in total. The average molecular weight is 498 g/mol. The Bertz CT molecular complexity index is 1350. The van der Waals surface area contributed by atoms with Crippen LogP contribution in [-0.2, 0) is 9.53 Å². The van der Waals surface area contributed by atoms with Crippen LogP contribution in [0.25, 0.3) is 11.3 Å². The summed E-state index contributed by atoms with van der Waals surface area (Å²) in [6.07, 6.45) is 5.29. The summed E-state index contributed by atoms with van der Waals surface area (Å²) >= 11 is 0. The fourth-order valence-corrected chi connectivity index (χ4v) is 4.72. The zero-order valence-corrected chi connectivity index (χ0v) is 20.1. The van der Waals surface area contributed by atoms with Crippen LogP contribution in [0.5, 0.6) is 0 Å². The molecule has 0 atom stereocenters. The number of carbonyl (C=O) groups excluding carboxylic acids is 3. The first-order valence-corrected chi connectivity index (χ1v) is 12.3. The maximum atomic E-state index is 13.2. The number of hydroxylamine groups is 1. The Kier molecular flexibility index (Phi) is 7.00. The number of benzene rings is 3. The Morgan fingerprint density at radius 2 is 1.51 bits per heavy atom. The normalized spacial score (nSPS) is 16.7. The van der Waals surface area contributed by atoms with Gasteiger partial charge in [0.05, 0.1) is 16.8 Å². The van der Waals surface area contributed by atoms with Gasteiger partial charge in [-0.25, -0.2) is 9.59 Å². The van der Waals surface area contributed by atoms with Crippen LogP contribution >= 0.6 is 0 Å². The first-order chi connectivity index (χ1) is 18.0. The molecule has 0 spiro atoms. The van der Waals surface area contributed by atoms with Crippen molar-refractivity contribution >= 4 is 40.6 Å². The summed E-state index contributed by atoms with van der Waals surface area (Å²) in [6, 6.07) is 21.8. The van der Waals surface area contributed by atoms with Gasteiger partial charge >= 0.3 is 12.0 Å². The largest absolute Gasteiger partial charge is 0.421 e. The number of anilines is 2. The molecule has 3 aromatic rings. The standard InChI is InChI=1S/C29H27N3O5/c33-27-25(26(19-10-4-1-5-11-19)37-28(34)20-12-6-2-7-13-20)23-17-16-22(18-24(23)32(27)36)31-29(35)30-21-14-8-3-9-15-21/h1-2,4-7,10-13,16-18,21,36H,3,8-9,14-15H2,(H2,30,31,35)/b26-25-. The van der Waals surface area contributed by atoms with Gasteiger partial charge in [0.1, 0.15) is 0 Å². The van der Waals surface area contributed by atoms with Crippen molar-refractivity contribution in [3.63, 3.8) is 0 Å². The molecule has 0 radical (unpaired) electrons. The second-order valence-corrected chi connectivity index (χ2v) is 9.11. The van der Waals surface area contributed by atoms with Crippen molar-refractivity contribution < 1.29 is 24.3 Å². The SMILES string of the molecule is O=C(Nc1ccc2c(c1)N(O)C(=O)/C2=C(\OC(=O)c1ccccc1)c1ccccc1)NC1CCCCC1. The number of hydrogen-bond acceptors (Lipinski definition) is 5. The van der Waals surface area contributed by atoms with E-state index in [1.165, 1.54) is 12.5 Å². The summed E-state index contributed by atoms with van der Waals surface area (Å²) < 4.78 is 5.76. The maximum absolute atomic E-state index is 13.2. The summed E-state index contributed by atoms with van der Waals surface area (Å²) in [4.78, 5) is 38.7. The third-order valence-electron chi connectivity index (χ3n) is 6.57. The van der Waals surface area contributed by atoms with Crippen LogP contribution in [-0.4, -0.2) is 29.2 Å². The number of esters is 1. The maximum Gasteiger partial charge on any atom is 0.343 e. The van der Waals surface area contributed by atoms with E-state index >= 15 is 0 Å². The van der Waals surface area contributed by atoms with Crippen LogP contribution in [0.1, 0.15) is 53.6 Å². The molecule has 3 N–H and O–H groups in total. The fraction of sp³-hybridized carbons (Fsp3) is 0.207. The first kappa shape index (κ1) is 24.3. The van der Waals surface area contributed by atoms with Gasteiger partial charge in [-0.3, -0.25) is 10.0 Å². The Morgan fingerprint density at radius 3 is 2.19 bits per heavy atom. The quantitative estimate of drug-likeness (QED) is 0.184. The van der Waals surface area contributed by atoms with Crippen LogP contribution in [0.4, 0.5) is 16.2 Å². The molecule has 5 rings (SSSR count). The van der Waals surface area contributed by atoms with Gasteiger partial charge < -0.3 is 15.4 Å². The molecule has 8 heteroatoms. The summed E-state index contributed by atoms with van der Waals surface area (Å²) in [5.74, 6) is -1.33. The Hall–Kier alpha value is -4.43. The molecule has 0 unspecified atom stereocenters. The van der Waals surface area contributed by atoms with Gasteiger partial charge in [-0.2, -0.15) is 5.06 Å². The lowest BCUT2D eigenvalue weighted by atomic mass is 9.96. The molecule has 1 saturated carbocycles. The molecular formula is C29H27N3O5. The molecule has 0 saturated heterocycles. The van der Waals surface area contributed by atoms with Crippen LogP contribution < -0.4 is 15.7 Å². The molecule has 1 fully saturated rings. The first-order valence-electron chi connectivity index (χ1n) is 12.3. The van der Waals surface area contributed by atoms with E-state index in [1.807, 2.05) is 6.07 Å². The second-order valence-electron chi connectivity index (χ2n) is 9.11. The molecule has 37 heavy (non-hydrogen) atoms. The van der Waals surface area contributed by atoms with E-state index in [0.29, 0.717) is 27.4 Å². The minimum atomic E-state index is -0.737. The average Bonchev–Trinajstić information content (AvgIpc) is 3.17. The van der Waals surface area contributed by atoms with Crippen LogP contribution in [0, 0.1) is 0 Å². The molecule has 188 valence electrons. The molecule has 2 aliphatic rings. The van der Waals surface area contributed by atoms with Crippen LogP contribution in [0.15, 0.2) is 78.9 Å². The highest BCUT2D eigenvalue weighted by Gasteiger charge is 2.36. The number of carbonyl (C=O) groups is 3. The molecule has 0 aromatic heterocycles. The number of hydrogen-bond donors (Lipinski definition) is 3. The summed E-state index contributed by atoms with van der Waals surface area (Å²) in [6.45, 7) is 0. The number of ether oxygens (including phenoxy) is 1. The van der Waals surface area contributed by atoms with Gasteiger partial charge in [0, 0.05) is 22.9 Å². The van der Waals surface area contributed by atoms with Crippen molar-refractivity contribution in [2.45, 2.75) is 38.1 Å². The highest BCUT2D eigenvalue weighted by Crippen LogP contribution is 2.42. The highest BCUT2D eigenvalue weighted by molar-refractivity contribution is 6.36. The Balaban J connectivity index is 1.47. The van der Waals surface area contributed by atoms with E-state index in [9.17, 15) is 19.6 Å². The smallest absolute Gasteiger partial charge is 0.343 e. The summed E-state index contributed by atoms with van der Waals surface area (Å²) in [7, 11) is 0. The van der Waals surface area contributed by atoms with E-state index < -0.39 is 11.9 Å². The number of fused-ring (bicyclic) bond motifs is 1.